The van der Waals surface area contributed by atoms with Crippen molar-refractivity contribution in [1.29, 1.82) is 0 Å². The largest absolute Gasteiger partial charge is 0.454 e. The molecule has 0 bridgehead atoms. The molecular weight excluding hydrogens is 414 g/mol. The van der Waals surface area contributed by atoms with Gasteiger partial charge in [0.2, 0.25) is 0 Å². The number of rotatable bonds is 6. The molecule has 174 valence electrons. The number of hydrogen-bond donors (Lipinski definition) is 1. The van der Waals surface area contributed by atoms with Crippen LogP contribution in [0.15, 0.2) is 24.5 Å². The lowest BCUT2D eigenvalue weighted by Crippen LogP contribution is -2.42. The Morgan fingerprint density at radius 3 is 2.75 bits per heavy atom. The second-order valence-electron chi connectivity index (χ2n) is 9.10. The molecule has 2 aromatic rings. The molecule has 10 nitrogen and oxygen atoms in total. The van der Waals surface area contributed by atoms with E-state index in [4.69, 9.17) is 9.47 Å². The minimum Gasteiger partial charge on any atom is -0.454 e. The molecule has 32 heavy (non-hydrogen) atoms. The van der Waals surface area contributed by atoms with Crippen LogP contribution in [0.2, 0.25) is 0 Å². The third-order valence-corrected chi connectivity index (χ3v) is 5.23. The Labute approximate surface area is 187 Å². The van der Waals surface area contributed by atoms with E-state index in [-0.39, 0.29) is 16.5 Å². The molecule has 1 amide bonds. The highest BCUT2D eigenvalue weighted by atomic mass is 16.6. The average molecular weight is 446 g/mol. The van der Waals surface area contributed by atoms with Gasteiger partial charge in [-0.3, -0.25) is 14.8 Å². The summed E-state index contributed by atoms with van der Waals surface area (Å²) in [6.45, 7) is 9.02. The lowest BCUT2D eigenvalue weighted by Gasteiger charge is -2.35. The lowest BCUT2D eigenvalue weighted by molar-refractivity contribution is -0.384. The fourth-order valence-electron chi connectivity index (χ4n) is 3.88. The fraction of sp³-hybridized carbons (Fsp3) is 0.545. The van der Waals surface area contributed by atoms with E-state index in [1.807, 2.05) is 32.6 Å². The van der Waals surface area contributed by atoms with Crippen LogP contribution in [0.25, 0.3) is 0 Å². The van der Waals surface area contributed by atoms with Crippen LogP contribution in [0.1, 0.15) is 39.2 Å². The summed E-state index contributed by atoms with van der Waals surface area (Å²) < 4.78 is 12.9. The van der Waals surface area contributed by atoms with Crippen LogP contribution in [0.5, 0.6) is 11.5 Å². The first kappa shape index (κ1) is 23.4. The van der Waals surface area contributed by atoms with Gasteiger partial charge in [0.1, 0.15) is 17.0 Å². The smallest absolute Gasteiger partial charge is 0.407 e. The molecule has 3 rings (SSSR count). The number of benzene rings is 1. The predicted molar refractivity (Wildman–Crippen MR) is 120 cm³/mol. The van der Waals surface area contributed by atoms with Gasteiger partial charge in [-0.2, -0.15) is 5.10 Å². The van der Waals surface area contributed by atoms with Crippen molar-refractivity contribution in [1.82, 2.24) is 15.1 Å². The number of nitro groups is 1. The van der Waals surface area contributed by atoms with Gasteiger partial charge in [-0.15, -0.1) is 0 Å². The van der Waals surface area contributed by atoms with E-state index in [1.54, 1.807) is 30.2 Å². The van der Waals surface area contributed by atoms with Crippen LogP contribution >= 0.6 is 0 Å². The number of nitrogens with one attached hydrogen (secondary N) is 1. The number of ether oxygens (including phenoxy) is 2. The van der Waals surface area contributed by atoms with Gasteiger partial charge < -0.3 is 19.7 Å². The van der Waals surface area contributed by atoms with E-state index in [1.165, 1.54) is 6.07 Å². The zero-order valence-corrected chi connectivity index (χ0v) is 19.3. The van der Waals surface area contributed by atoms with E-state index in [0.717, 1.165) is 12.8 Å². The SMILES string of the molecule is Cc1c(Oc2cnn(C)c2)ccc([N+](=O)[O-])c1N1CCC[C@@H](CNC(=O)OC(C)(C)C)C1. The summed E-state index contributed by atoms with van der Waals surface area (Å²) in [6, 6.07) is 3.10. The summed E-state index contributed by atoms with van der Waals surface area (Å²) in [5.41, 5.74) is 0.735. The average Bonchev–Trinajstić information content (AvgIpc) is 3.11. The first-order valence-electron chi connectivity index (χ1n) is 10.7. The number of carbonyl (C=O) groups is 1. The molecule has 0 aliphatic carbocycles. The molecule has 1 aromatic heterocycles. The van der Waals surface area contributed by atoms with Crippen LogP contribution < -0.4 is 15.0 Å². The van der Waals surface area contributed by atoms with Crippen LogP contribution in [0, 0.1) is 23.0 Å². The molecule has 0 unspecified atom stereocenters. The highest BCUT2D eigenvalue weighted by molar-refractivity contribution is 5.72. The van der Waals surface area contributed by atoms with Crippen LogP contribution in [0.4, 0.5) is 16.2 Å². The maximum atomic E-state index is 12.0. The number of aryl methyl sites for hydroxylation is 1. The normalized spacial score (nSPS) is 16.5. The molecule has 0 radical (unpaired) electrons. The van der Waals surface area contributed by atoms with Gasteiger partial charge in [0, 0.05) is 38.3 Å². The number of nitrogens with zero attached hydrogens (tertiary/aromatic N) is 4. The summed E-state index contributed by atoms with van der Waals surface area (Å²) in [5, 5.41) is 18.7. The van der Waals surface area contributed by atoms with Crippen molar-refractivity contribution < 1.29 is 19.2 Å². The van der Waals surface area contributed by atoms with Crippen molar-refractivity contribution in [2.45, 2.75) is 46.1 Å². The number of nitro benzene ring substituents is 1. The van der Waals surface area contributed by atoms with E-state index < -0.39 is 11.7 Å². The Hall–Kier alpha value is -3.30. The zero-order chi connectivity index (χ0) is 23.5. The maximum absolute atomic E-state index is 12.0. The lowest BCUT2D eigenvalue weighted by atomic mass is 9.96. The van der Waals surface area contributed by atoms with Crippen molar-refractivity contribution >= 4 is 17.5 Å². The van der Waals surface area contributed by atoms with Crippen molar-refractivity contribution in [2.75, 3.05) is 24.5 Å². The van der Waals surface area contributed by atoms with Gasteiger partial charge in [0.15, 0.2) is 5.75 Å². The predicted octanol–water partition coefficient (Wildman–Crippen LogP) is 4.17. The number of alkyl carbamates (subject to hydrolysis) is 1. The molecule has 1 aromatic carbocycles. The van der Waals surface area contributed by atoms with Crippen LogP contribution in [-0.4, -0.2) is 46.0 Å². The highest BCUT2D eigenvalue weighted by Gasteiger charge is 2.29. The second-order valence-corrected chi connectivity index (χ2v) is 9.10. The topological polar surface area (TPSA) is 112 Å². The Balaban J connectivity index is 1.78. The molecule has 1 N–H and O–H groups in total. The molecule has 10 heteroatoms. The number of piperidine rings is 1. The Kier molecular flexibility index (Phi) is 6.90. The number of hydrogen-bond acceptors (Lipinski definition) is 7. The van der Waals surface area contributed by atoms with E-state index in [0.29, 0.717) is 42.4 Å². The van der Waals surface area contributed by atoms with Gasteiger partial charge in [-0.05, 0) is 52.5 Å². The number of amides is 1. The Morgan fingerprint density at radius 2 is 2.12 bits per heavy atom. The fourth-order valence-corrected chi connectivity index (χ4v) is 3.88. The molecule has 1 aliphatic heterocycles. The summed E-state index contributed by atoms with van der Waals surface area (Å²) in [4.78, 5) is 25.4. The van der Waals surface area contributed by atoms with Gasteiger partial charge in [-0.1, -0.05) is 0 Å². The molecule has 1 aliphatic rings. The van der Waals surface area contributed by atoms with Gasteiger partial charge >= 0.3 is 6.09 Å². The molecule has 1 saturated heterocycles. The van der Waals surface area contributed by atoms with E-state index in [9.17, 15) is 14.9 Å². The Morgan fingerprint density at radius 1 is 1.38 bits per heavy atom. The molecule has 0 spiro atoms. The standard InChI is InChI=1S/C22H31N5O5/c1-15-19(31-17-12-24-25(5)14-17)9-8-18(27(29)30)20(15)26-10-6-7-16(13-26)11-23-21(28)32-22(2,3)4/h8-9,12,14,16H,6-7,10-11,13H2,1-5H3,(H,23,28)/t16-/m0/s1. The quantitative estimate of drug-likeness (QED) is 0.524. The maximum Gasteiger partial charge on any atom is 0.407 e. The Bertz CT molecular complexity index is 982. The number of anilines is 1. The minimum atomic E-state index is -0.560. The monoisotopic (exact) mass is 445 g/mol. The summed E-state index contributed by atoms with van der Waals surface area (Å²) in [6.07, 6.45) is 4.67. The minimum absolute atomic E-state index is 0.0433. The molecule has 1 atom stereocenters. The summed E-state index contributed by atoms with van der Waals surface area (Å²) in [7, 11) is 1.79. The first-order chi connectivity index (χ1) is 15.0. The summed E-state index contributed by atoms with van der Waals surface area (Å²) >= 11 is 0. The van der Waals surface area contributed by atoms with E-state index in [2.05, 4.69) is 10.4 Å². The van der Waals surface area contributed by atoms with Crippen molar-refractivity contribution in [3.63, 3.8) is 0 Å². The third-order valence-electron chi connectivity index (χ3n) is 5.23. The zero-order valence-electron chi connectivity index (χ0n) is 19.3. The number of aromatic nitrogens is 2. The van der Waals surface area contributed by atoms with Crippen molar-refractivity contribution in [2.24, 2.45) is 13.0 Å². The highest BCUT2D eigenvalue weighted by Crippen LogP contribution is 2.40. The molecule has 1 fully saturated rings. The van der Waals surface area contributed by atoms with Gasteiger partial charge in [0.25, 0.3) is 5.69 Å². The van der Waals surface area contributed by atoms with Gasteiger partial charge in [-0.25, -0.2) is 4.79 Å². The van der Waals surface area contributed by atoms with Gasteiger partial charge in [0.05, 0.1) is 17.3 Å². The van der Waals surface area contributed by atoms with Crippen molar-refractivity contribution in [3.8, 4) is 11.5 Å². The van der Waals surface area contributed by atoms with Crippen LogP contribution in [0.3, 0.4) is 0 Å². The summed E-state index contributed by atoms with van der Waals surface area (Å²) in [5.74, 6) is 1.26. The molecule has 2 heterocycles. The first-order valence-corrected chi connectivity index (χ1v) is 10.7. The molecular formula is C22H31N5O5. The number of carbonyl (C=O) groups excluding carboxylic acids is 1. The van der Waals surface area contributed by atoms with Crippen molar-refractivity contribution in [3.05, 3.63) is 40.2 Å². The molecule has 0 saturated carbocycles. The van der Waals surface area contributed by atoms with Crippen LogP contribution in [-0.2, 0) is 11.8 Å². The van der Waals surface area contributed by atoms with E-state index >= 15 is 0 Å². The second kappa shape index (κ2) is 9.46. The third kappa shape index (κ3) is 5.89.